The zero-order chi connectivity index (χ0) is 21.0. The van der Waals surface area contributed by atoms with Crippen molar-refractivity contribution in [3.63, 3.8) is 0 Å². The summed E-state index contributed by atoms with van der Waals surface area (Å²) in [5.41, 5.74) is 4.59. The Morgan fingerprint density at radius 2 is 1.77 bits per heavy atom. The molecule has 0 fully saturated rings. The molecule has 0 saturated heterocycles. The first kappa shape index (κ1) is 19.4. The maximum Gasteiger partial charge on any atom is 0.137 e. The zero-order valence-corrected chi connectivity index (χ0v) is 17.2. The van der Waals surface area contributed by atoms with Crippen LogP contribution in [0.5, 0.6) is 0 Å². The average Bonchev–Trinajstić information content (AvgIpc) is 3.53. The first-order valence-corrected chi connectivity index (χ1v) is 10.6. The third-order valence-corrected chi connectivity index (χ3v) is 5.72. The van der Waals surface area contributed by atoms with Crippen LogP contribution in [0.25, 0.3) is 10.9 Å². The SMILES string of the molecule is Fc1ccc(Cc2nnc(Cc3c[nH]c4ccccc34)n2CCCC2=CNCN2)cc1. The molecule has 0 unspecified atom stereocenters. The van der Waals surface area contributed by atoms with Gasteiger partial charge >= 0.3 is 0 Å². The maximum atomic E-state index is 13.3. The monoisotopic (exact) mass is 416 g/mol. The van der Waals surface area contributed by atoms with E-state index in [4.69, 9.17) is 0 Å². The molecule has 5 rings (SSSR count). The Hall–Kier alpha value is -3.61. The largest absolute Gasteiger partial charge is 0.372 e. The zero-order valence-electron chi connectivity index (χ0n) is 17.2. The molecule has 4 aromatic rings. The van der Waals surface area contributed by atoms with E-state index in [0.29, 0.717) is 12.8 Å². The molecule has 0 amide bonds. The molecule has 0 atom stereocenters. The molecule has 3 heterocycles. The van der Waals surface area contributed by atoms with E-state index in [2.05, 4.69) is 54.8 Å². The third-order valence-electron chi connectivity index (χ3n) is 5.72. The highest BCUT2D eigenvalue weighted by molar-refractivity contribution is 5.83. The van der Waals surface area contributed by atoms with Gasteiger partial charge in [-0.15, -0.1) is 10.2 Å². The predicted octanol–water partition coefficient (Wildman–Crippen LogP) is 3.85. The van der Waals surface area contributed by atoms with Crippen molar-refractivity contribution < 1.29 is 4.39 Å². The van der Waals surface area contributed by atoms with Gasteiger partial charge in [0.1, 0.15) is 17.5 Å². The Morgan fingerprint density at radius 3 is 2.58 bits per heavy atom. The molecule has 3 N–H and O–H groups in total. The lowest BCUT2D eigenvalue weighted by Gasteiger charge is -2.11. The third kappa shape index (κ3) is 4.30. The number of hydrogen-bond donors (Lipinski definition) is 3. The van der Waals surface area contributed by atoms with Crippen LogP contribution in [0.2, 0.25) is 0 Å². The average molecular weight is 417 g/mol. The Labute approximate surface area is 180 Å². The molecule has 0 spiro atoms. The Kier molecular flexibility index (Phi) is 5.39. The highest BCUT2D eigenvalue weighted by Gasteiger charge is 2.15. The predicted molar refractivity (Wildman–Crippen MR) is 119 cm³/mol. The van der Waals surface area contributed by atoms with Gasteiger partial charge in [-0.05, 0) is 42.2 Å². The molecule has 2 aromatic carbocycles. The number of fused-ring (bicyclic) bond motifs is 1. The van der Waals surface area contributed by atoms with Crippen LogP contribution >= 0.6 is 0 Å². The Balaban J connectivity index is 1.40. The number of nitrogens with zero attached hydrogens (tertiary/aromatic N) is 3. The molecule has 1 aliphatic heterocycles. The molecule has 1 aliphatic rings. The molecule has 31 heavy (non-hydrogen) atoms. The summed E-state index contributed by atoms with van der Waals surface area (Å²) < 4.78 is 15.5. The first-order chi connectivity index (χ1) is 15.3. The summed E-state index contributed by atoms with van der Waals surface area (Å²) in [6, 6.07) is 14.9. The van der Waals surface area contributed by atoms with Gasteiger partial charge in [-0.2, -0.15) is 0 Å². The van der Waals surface area contributed by atoms with E-state index in [9.17, 15) is 4.39 Å². The summed E-state index contributed by atoms with van der Waals surface area (Å²) in [6.07, 6.45) is 7.39. The van der Waals surface area contributed by atoms with Gasteiger partial charge in [0.05, 0.1) is 6.67 Å². The van der Waals surface area contributed by atoms with E-state index in [0.717, 1.165) is 48.8 Å². The molecule has 158 valence electrons. The number of para-hydroxylation sites is 1. The van der Waals surface area contributed by atoms with Gasteiger partial charge in [0.2, 0.25) is 0 Å². The molecule has 0 bridgehead atoms. The van der Waals surface area contributed by atoms with Crippen molar-refractivity contribution >= 4 is 10.9 Å². The normalized spacial score (nSPS) is 13.3. The van der Waals surface area contributed by atoms with Crippen LogP contribution in [0, 0.1) is 5.82 Å². The first-order valence-electron chi connectivity index (χ1n) is 10.6. The smallest absolute Gasteiger partial charge is 0.137 e. The lowest BCUT2D eigenvalue weighted by atomic mass is 10.1. The van der Waals surface area contributed by atoms with Crippen LogP contribution < -0.4 is 10.6 Å². The number of hydrogen-bond acceptors (Lipinski definition) is 4. The van der Waals surface area contributed by atoms with E-state index in [1.165, 1.54) is 28.8 Å². The Bertz CT molecular complexity index is 1200. The van der Waals surface area contributed by atoms with Crippen molar-refractivity contribution in [1.29, 1.82) is 0 Å². The molecule has 2 aromatic heterocycles. The van der Waals surface area contributed by atoms with E-state index in [-0.39, 0.29) is 5.82 Å². The Morgan fingerprint density at radius 1 is 0.968 bits per heavy atom. The van der Waals surface area contributed by atoms with Crippen molar-refractivity contribution in [3.8, 4) is 0 Å². The van der Waals surface area contributed by atoms with Crippen molar-refractivity contribution in [1.82, 2.24) is 30.4 Å². The van der Waals surface area contributed by atoms with Crippen LogP contribution in [-0.2, 0) is 19.4 Å². The second-order valence-corrected chi connectivity index (χ2v) is 7.85. The highest BCUT2D eigenvalue weighted by Crippen LogP contribution is 2.22. The topological polar surface area (TPSA) is 70.6 Å². The summed E-state index contributed by atoms with van der Waals surface area (Å²) in [5, 5.41) is 16.8. The number of rotatable bonds is 8. The lowest BCUT2D eigenvalue weighted by molar-refractivity contribution is 0.586. The van der Waals surface area contributed by atoms with Crippen LogP contribution in [-0.4, -0.2) is 26.4 Å². The van der Waals surface area contributed by atoms with Gasteiger partial charge < -0.3 is 20.2 Å². The fraction of sp³-hybridized carbons (Fsp3) is 0.250. The van der Waals surface area contributed by atoms with Crippen molar-refractivity contribution in [3.05, 3.63) is 95.2 Å². The van der Waals surface area contributed by atoms with Gasteiger partial charge in [0.15, 0.2) is 0 Å². The summed E-state index contributed by atoms with van der Waals surface area (Å²) >= 11 is 0. The van der Waals surface area contributed by atoms with Gasteiger partial charge in [0.25, 0.3) is 0 Å². The van der Waals surface area contributed by atoms with E-state index < -0.39 is 0 Å². The van der Waals surface area contributed by atoms with Crippen LogP contribution in [0.15, 0.2) is 66.6 Å². The highest BCUT2D eigenvalue weighted by atomic mass is 19.1. The number of H-pyrrole nitrogens is 1. The molecule has 0 saturated carbocycles. The second kappa shape index (κ2) is 8.63. The summed E-state index contributed by atoms with van der Waals surface area (Å²) in [6.45, 7) is 1.63. The summed E-state index contributed by atoms with van der Waals surface area (Å²) in [5.74, 6) is 1.64. The second-order valence-electron chi connectivity index (χ2n) is 7.85. The van der Waals surface area contributed by atoms with Gasteiger partial charge in [0, 0.05) is 48.4 Å². The van der Waals surface area contributed by atoms with E-state index >= 15 is 0 Å². The van der Waals surface area contributed by atoms with Gasteiger partial charge in [-0.25, -0.2) is 4.39 Å². The van der Waals surface area contributed by atoms with Crippen molar-refractivity contribution in [2.45, 2.75) is 32.2 Å². The maximum absolute atomic E-state index is 13.3. The van der Waals surface area contributed by atoms with Crippen LogP contribution in [0.1, 0.15) is 35.6 Å². The quantitative estimate of drug-likeness (QED) is 0.408. The molecule has 0 radical (unpaired) electrons. The van der Waals surface area contributed by atoms with E-state index in [1.54, 1.807) is 0 Å². The van der Waals surface area contributed by atoms with Crippen LogP contribution in [0.3, 0.4) is 0 Å². The molecule has 6 nitrogen and oxygen atoms in total. The number of nitrogens with one attached hydrogen (secondary N) is 3. The van der Waals surface area contributed by atoms with Crippen molar-refractivity contribution in [2.24, 2.45) is 0 Å². The minimum absolute atomic E-state index is 0.226. The standard InChI is InChI=1S/C24H25FN6/c25-19-9-7-17(8-10-19)12-23-29-30-24(31(23)11-3-4-20-15-26-16-28-20)13-18-14-27-22-6-2-1-5-21(18)22/h1-2,5-10,14-15,26-28H,3-4,11-13,16H2. The van der Waals surface area contributed by atoms with Crippen molar-refractivity contribution in [2.75, 3.05) is 6.67 Å². The fourth-order valence-electron chi connectivity index (χ4n) is 4.10. The van der Waals surface area contributed by atoms with Crippen LogP contribution in [0.4, 0.5) is 4.39 Å². The minimum Gasteiger partial charge on any atom is -0.372 e. The molecular weight excluding hydrogens is 391 g/mol. The lowest BCUT2D eigenvalue weighted by Crippen LogP contribution is -2.15. The molecule has 7 heteroatoms. The molecular formula is C24H25FN6. The summed E-state index contributed by atoms with van der Waals surface area (Å²) in [4.78, 5) is 3.34. The minimum atomic E-state index is -0.226. The fourth-order valence-corrected chi connectivity index (χ4v) is 4.10. The summed E-state index contributed by atoms with van der Waals surface area (Å²) in [7, 11) is 0. The number of allylic oxidation sites excluding steroid dienone is 1. The molecule has 0 aliphatic carbocycles. The van der Waals surface area contributed by atoms with Gasteiger partial charge in [-0.3, -0.25) is 0 Å². The number of benzene rings is 2. The number of halogens is 1. The number of aromatic nitrogens is 4. The van der Waals surface area contributed by atoms with E-state index in [1.807, 2.05) is 24.4 Å². The van der Waals surface area contributed by atoms with Gasteiger partial charge in [-0.1, -0.05) is 30.3 Å². The number of aromatic amines is 1.